The van der Waals surface area contributed by atoms with E-state index in [2.05, 4.69) is 6.58 Å². The van der Waals surface area contributed by atoms with Crippen LogP contribution in [-0.2, 0) is 0 Å². The van der Waals surface area contributed by atoms with Gasteiger partial charge >= 0.3 is 0 Å². The standard InChI is InChI=1S/C9H8F2O/c1-2-3-12-9-5-7(10)4-8(11)6-9/h2,4-6H,1,3H2. The molecule has 1 rings (SSSR count). The van der Waals surface area contributed by atoms with Crippen LogP contribution in [0.5, 0.6) is 5.75 Å². The molecule has 0 radical (unpaired) electrons. The lowest BCUT2D eigenvalue weighted by Gasteiger charge is -2.02. The highest BCUT2D eigenvalue weighted by Gasteiger charge is 1.99. The smallest absolute Gasteiger partial charge is 0.129 e. The van der Waals surface area contributed by atoms with Crippen molar-refractivity contribution in [3.63, 3.8) is 0 Å². The highest BCUT2D eigenvalue weighted by molar-refractivity contribution is 5.23. The first-order valence-corrected chi connectivity index (χ1v) is 3.42. The molecule has 1 aromatic carbocycles. The van der Waals surface area contributed by atoms with Crippen molar-refractivity contribution in [2.75, 3.05) is 6.61 Å². The van der Waals surface area contributed by atoms with Gasteiger partial charge in [0.2, 0.25) is 0 Å². The summed E-state index contributed by atoms with van der Waals surface area (Å²) in [5.74, 6) is -1.12. The number of ether oxygens (including phenoxy) is 1. The van der Waals surface area contributed by atoms with E-state index >= 15 is 0 Å². The van der Waals surface area contributed by atoms with Crippen LogP contribution in [0, 0.1) is 11.6 Å². The fraction of sp³-hybridized carbons (Fsp3) is 0.111. The highest BCUT2D eigenvalue weighted by Crippen LogP contribution is 2.14. The molecule has 0 unspecified atom stereocenters. The van der Waals surface area contributed by atoms with E-state index in [0.717, 1.165) is 18.2 Å². The Kier molecular flexibility index (Phi) is 2.80. The quantitative estimate of drug-likeness (QED) is 0.633. The van der Waals surface area contributed by atoms with Gasteiger partial charge < -0.3 is 4.74 Å². The number of rotatable bonds is 3. The number of hydrogen-bond acceptors (Lipinski definition) is 1. The lowest BCUT2D eigenvalue weighted by Crippen LogP contribution is -1.93. The van der Waals surface area contributed by atoms with Gasteiger partial charge in [0.1, 0.15) is 24.0 Å². The van der Waals surface area contributed by atoms with Crippen molar-refractivity contribution < 1.29 is 13.5 Å². The van der Waals surface area contributed by atoms with Crippen LogP contribution in [0.1, 0.15) is 0 Å². The van der Waals surface area contributed by atoms with Crippen molar-refractivity contribution in [3.05, 3.63) is 42.5 Å². The molecule has 3 heteroatoms. The molecule has 0 saturated carbocycles. The first kappa shape index (κ1) is 8.71. The topological polar surface area (TPSA) is 9.23 Å². The molecular formula is C9H8F2O. The minimum absolute atomic E-state index is 0.174. The molecule has 0 N–H and O–H groups in total. The SMILES string of the molecule is C=CCOc1cc(F)cc(F)c1. The van der Waals surface area contributed by atoms with E-state index in [0.29, 0.717) is 0 Å². The van der Waals surface area contributed by atoms with Gasteiger partial charge in [-0.05, 0) is 0 Å². The van der Waals surface area contributed by atoms with Gasteiger partial charge in [0.15, 0.2) is 0 Å². The Balaban J connectivity index is 2.78. The van der Waals surface area contributed by atoms with Crippen molar-refractivity contribution >= 4 is 0 Å². The summed E-state index contributed by atoms with van der Waals surface area (Å²) in [6, 6.07) is 3.03. The molecular weight excluding hydrogens is 162 g/mol. The summed E-state index contributed by atoms with van der Waals surface area (Å²) in [6.07, 6.45) is 1.50. The number of benzene rings is 1. The molecule has 0 fully saturated rings. The predicted molar refractivity (Wildman–Crippen MR) is 42.1 cm³/mol. The fourth-order valence-corrected chi connectivity index (χ4v) is 0.767. The maximum atomic E-state index is 12.5. The molecule has 0 aliphatic heterocycles. The van der Waals surface area contributed by atoms with Gasteiger partial charge in [-0.1, -0.05) is 12.7 Å². The van der Waals surface area contributed by atoms with Crippen LogP contribution in [0.2, 0.25) is 0 Å². The Bertz CT molecular complexity index is 264. The second kappa shape index (κ2) is 3.85. The molecule has 0 bridgehead atoms. The van der Waals surface area contributed by atoms with Crippen LogP contribution >= 0.6 is 0 Å². The molecule has 0 aliphatic carbocycles. The van der Waals surface area contributed by atoms with Gasteiger partial charge in [0.25, 0.3) is 0 Å². The maximum absolute atomic E-state index is 12.5. The minimum Gasteiger partial charge on any atom is -0.489 e. The van der Waals surface area contributed by atoms with Gasteiger partial charge in [0.05, 0.1) is 0 Å². The van der Waals surface area contributed by atoms with Gasteiger partial charge in [-0.3, -0.25) is 0 Å². The Morgan fingerprint density at radius 3 is 2.33 bits per heavy atom. The van der Waals surface area contributed by atoms with Crippen LogP contribution in [-0.4, -0.2) is 6.61 Å². The van der Waals surface area contributed by atoms with E-state index in [9.17, 15) is 8.78 Å². The lowest BCUT2D eigenvalue weighted by atomic mass is 10.3. The number of halogens is 2. The number of hydrogen-bond donors (Lipinski definition) is 0. The van der Waals surface area contributed by atoms with Crippen LogP contribution in [0.4, 0.5) is 8.78 Å². The normalized spacial score (nSPS) is 9.50. The van der Waals surface area contributed by atoms with E-state index in [1.165, 1.54) is 6.08 Å². The van der Waals surface area contributed by atoms with Crippen LogP contribution in [0.15, 0.2) is 30.9 Å². The third-order valence-electron chi connectivity index (χ3n) is 1.20. The van der Waals surface area contributed by atoms with E-state index < -0.39 is 11.6 Å². The largest absolute Gasteiger partial charge is 0.489 e. The van der Waals surface area contributed by atoms with E-state index in [1.807, 2.05) is 0 Å². The van der Waals surface area contributed by atoms with Crippen LogP contribution in [0.25, 0.3) is 0 Å². The van der Waals surface area contributed by atoms with Crippen molar-refractivity contribution in [2.24, 2.45) is 0 Å². The first-order chi connectivity index (χ1) is 5.72. The molecule has 0 aliphatic rings. The van der Waals surface area contributed by atoms with Crippen molar-refractivity contribution in [2.45, 2.75) is 0 Å². The van der Waals surface area contributed by atoms with E-state index in [-0.39, 0.29) is 12.4 Å². The Morgan fingerprint density at radius 2 is 1.83 bits per heavy atom. The summed E-state index contributed by atoms with van der Waals surface area (Å²) >= 11 is 0. The third-order valence-corrected chi connectivity index (χ3v) is 1.20. The second-order valence-electron chi connectivity index (χ2n) is 2.20. The average molecular weight is 170 g/mol. The zero-order valence-electron chi connectivity index (χ0n) is 6.39. The predicted octanol–water partition coefficient (Wildman–Crippen LogP) is 2.53. The van der Waals surface area contributed by atoms with Crippen molar-refractivity contribution in [1.82, 2.24) is 0 Å². The van der Waals surface area contributed by atoms with Gasteiger partial charge in [-0.25, -0.2) is 8.78 Å². The van der Waals surface area contributed by atoms with Crippen LogP contribution < -0.4 is 4.74 Å². The summed E-state index contributed by atoms with van der Waals surface area (Å²) < 4.78 is 29.9. The van der Waals surface area contributed by atoms with E-state index in [1.54, 1.807) is 0 Å². The van der Waals surface area contributed by atoms with Gasteiger partial charge in [-0.15, -0.1) is 0 Å². The average Bonchev–Trinajstić information content (AvgIpc) is 1.99. The summed E-state index contributed by atoms with van der Waals surface area (Å²) in [6.45, 7) is 3.65. The summed E-state index contributed by atoms with van der Waals surface area (Å²) in [5, 5.41) is 0. The fourth-order valence-electron chi connectivity index (χ4n) is 0.767. The Labute approximate surface area is 69.3 Å². The van der Waals surface area contributed by atoms with Crippen LogP contribution in [0.3, 0.4) is 0 Å². The molecule has 0 aromatic heterocycles. The highest BCUT2D eigenvalue weighted by atomic mass is 19.1. The monoisotopic (exact) mass is 170 g/mol. The minimum atomic E-state index is -0.644. The van der Waals surface area contributed by atoms with Gasteiger partial charge in [0, 0.05) is 18.2 Å². The van der Waals surface area contributed by atoms with Gasteiger partial charge in [-0.2, -0.15) is 0 Å². The third kappa shape index (κ3) is 2.34. The second-order valence-corrected chi connectivity index (χ2v) is 2.20. The summed E-state index contributed by atoms with van der Waals surface area (Å²) in [5.41, 5.74) is 0. The molecule has 1 aromatic rings. The molecule has 1 nitrogen and oxygen atoms in total. The molecule has 64 valence electrons. The maximum Gasteiger partial charge on any atom is 0.129 e. The van der Waals surface area contributed by atoms with E-state index in [4.69, 9.17) is 4.74 Å². The Hall–Kier alpha value is -1.38. The molecule has 12 heavy (non-hydrogen) atoms. The van der Waals surface area contributed by atoms with Crippen molar-refractivity contribution in [1.29, 1.82) is 0 Å². The molecule has 0 amide bonds. The van der Waals surface area contributed by atoms with Crippen molar-refractivity contribution in [3.8, 4) is 5.75 Å². The molecule has 0 spiro atoms. The summed E-state index contributed by atoms with van der Waals surface area (Å²) in [7, 11) is 0. The molecule has 0 saturated heterocycles. The lowest BCUT2D eigenvalue weighted by molar-refractivity contribution is 0.358. The zero-order valence-corrected chi connectivity index (χ0v) is 6.39. The molecule has 0 atom stereocenters. The zero-order chi connectivity index (χ0) is 8.97. The first-order valence-electron chi connectivity index (χ1n) is 3.42. The Morgan fingerprint density at radius 1 is 1.25 bits per heavy atom. The summed E-state index contributed by atoms with van der Waals surface area (Å²) in [4.78, 5) is 0. The molecule has 0 heterocycles.